The lowest BCUT2D eigenvalue weighted by Crippen LogP contribution is -2.46. The van der Waals surface area contributed by atoms with Crippen molar-refractivity contribution in [1.29, 1.82) is 0 Å². The minimum absolute atomic E-state index is 0.0272. The smallest absolute Gasteiger partial charge is 0.253 e. The first-order valence-corrected chi connectivity index (χ1v) is 11.1. The molecule has 1 aliphatic rings. The quantitative estimate of drug-likeness (QED) is 0.755. The topological polar surface area (TPSA) is 95.6 Å². The number of nitrogens with zero attached hydrogens (tertiary/aromatic N) is 1. The Morgan fingerprint density at radius 2 is 1.59 bits per heavy atom. The van der Waals surface area contributed by atoms with E-state index in [1.54, 1.807) is 24.0 Å². The summed E-state index contributed by atoms with van der Waals surface area (Å²) in [6.45, 7) is 3.09. The number of carbonyl (C=O) groups excluding carboxylic acids is 2. The molecule has 29 heavy (non-hydrogen) atoms. The number of piperidine rings is 1. The SMILES string of the molecule is CCNS(=O)(=O)c1ccc(C(=O)N2CCC(NC(=O)c3ccccc3)CC2)cc1. The summed E-state index contributed by atoms with van der Waals surface area (Å²) in [6.07, 6.45) is 1.36. The predicted molar refractivity (Wildman–Crippen MR) is 110 cm³/mol. The normalized spacial score (nSPS) is 15.1. The van der Waals surface area contributed by atoms with Gasteiger partial charge in [-0.1, -0.05) is 25.1 Å². The Bertz CT molecular complexity index is 951. The molecule has 0 unspecified atom stereocenters. The Hall–Kier alpha value is -2.71. The Morgan fingerprint density at radius 1 is 0.966 bits per heavy atom. The third-order valence-corrected chi connectivity index (χ3v) is 6.46. The van der Waals surface area contributed by atoms with Crippen molar-refractivity contribution in [3.8, 4) is 0 Å². The van der Waals surface area contributed by atoms with E-state index in [0.29, 0.717) is 43.6 Å². The van der Waals surface area contributed by atoms with Crippen molar-refractivity contribution in [1.82, 2.24) is 14.9 Å². The number of hydrogen-bond acceptors (Lipinski definition) is 4. The number of carbonyl (C=O) groups is 2. The van der Waals surface area contributed by atoms with Crippen molar-refractivity contribution >= 4 is 21.8 Å². The summed E-state index contributed by atoms with van der Waals surface area (Å²) in [7, 11) is -3.53. The summed E-state index contributed by atoms with van der Waals surface area (Å²) in [4.78, 5) is 26.8. The fraction of sp³-hybridized carbons (Fsp3) is 0.333. The highest BCUT2D eigenvalue weighted by molar-refractivity contribution is 7.89. The van der Waals surface area contributed by atoms with E-state index < -0.39 is 10.0 Å². The fourth-order valence-corrected chi connectivity index (χ4v) is 4.36. The second kappa shape index (κ2) is 9.19. The maximum atomic E-state index is 12.7. The molecule has 0 radical (unpaired) electrons. The number of nitrogens with one attached hydrogen (secondary N) is 2. The largest absolute Gasteiger partial charge is 0.349 e. The molecule has 1 fully saturated rings. The first-order chi connectivity index (χ1) is 13.9. The summed E-state index contributed by atoms with van der Waals surface area (Å²) in [5, 5.41) is 3.02. The molecule has 154 valence electrons. The highest BCUT2D eigenvalue weighted by Gasteiger charge is 2.25. The molecule has 2 aromatic rings. The first kappa shape index (κ1) is 21.0. The van der Waals surface area contributed by atoms with Gasteiger partial charge in [0, 0.05) is 36.8 Å². The lowest BCUT2D eigenvalue weighted by Gasteiger charge is -2.32. The minimum atomic E-state index is -3.53. The van der Waals surface area contributed by atoms with E-state index in [2.05, 4.69) is 10.0 Å². The highest BCUT2D eigenvalue weighted by Crippen LogP contribution is 2.17. The van der Waals surface area contributed by atoms with Crippen LogP contribution in [0.3, 0.4) is 0 Å². The van der Waals surface area contributed by atoms with Gasteiger partial charge in [0.1, 0.15) is 0 Å². The van der Waals surface area contributed by atoms with Gasteiger partial charge in [-0.25, -0.2) is 13.1 Å². The van der Waals surface area contributed by atoms with E-state index in [-0.39, 0.29) is 22.8 Å². The molecule has 2 aromatic carbocycles. The van der Waals surface area contributed by atoms with Crippen molar-refractivity contribution in [3.05, 3.63) is 65.7 Å². The van der Waals surface area contributed by atoms with Gasteiger partial charge in [0.05, 0.1) is 4.90 Å². The van der Waals surface area contributed by atoms with Gasteiger partial charge in [-0.15, -0.1) is 0 Å². The number of rotatable bonds is 6. The van der Waals surface area contributed by atoms with Gasteiger partial charge >= 0.3 is 0 Å². The Labute approximate surface area is 171 Å². The molecule has 1 saturated heterocycles. The molecule has 0 spiro atoms. The number of likely N-dealkylation sites (tertiary alicyclic amines) is 1. The average Bonchev–Trinajstić information content (AvgIpc) is 2.74. The highest BCUT2D eigenvalue weighted by atomic mass is 32.2. The van der Waals surface area contributed by atoms with Crippen molar-refractivity contribution in [2.45, 2.75) is 30.7 Å². The standard InChI is InChI=1S/C21H25N3O4S/c1-2-22-29(27,28)19-10-8-17(9-11-19)21(26)24-14-12-18(13-15-24)23-20(25)16-6-4-3-5-7-16/h3-11,18,22H,2,12-15H2,1H3,(H,23,25). The van der Waals surface area contributed by atoms with Gasteiger partial charge in [0.2, 0.25) is 10.0 Å². The van der Waals surface area contributed by atoms with E-state index in [1.807, 2.05) is 18.2 Å². The molecule has 1 aliphatic heterocycles. The van der Waals surface area contributed by atoms with Crippen molar-refractivity contribution < 1.29 is 18.0 Å². The third kappa shape index (κ3) is 5.21. The van der Waals surface area contributed by atoms with Gasteiger partial charge in [0.25, 0.3) is 11.8 Å². The molecule has 3 rings (SSSR count). The molecule has 0 atom stereocenters. The maximum absolute atomic E-state index is 12.7. The van der Waals surface area contributed by atoms with Crippen LogP contribution >= 0.6 is 0 Å². The van der Waals surface area contributed by atoms with Crippen LogP contribution in [0.4, 0.5) is 0 Å². The minimum Gasteiger partial charge on any atom is -0.349 e. The van der Waals surface area contributed by atoms with E-state index >= 15 is 0 Å². The monoisotopic (exact) mass is 415 g/mol. The zero-order valence-corrected chi connectivity index (χ0v) is 17.1. The van der Waals surface area contributed by atoms with Gasteiger partial charge in [-0.2, -0.15) is 0 Å². The molecule has 7 nitrogen and oxygen atoms in total. The molecule has 2 amide bonds. The Morgan fingerprint density at radius 3 is 2.17 bits per heavy atom. The molecule has 0 aromatic heterocycles. The van der Waals surface area contributed by atoms with Gasteiger partial charge in [-0.05, 0) is 49.2 Å². The molecule has 0 aliphatic carbocycles. The summed E-state index contributed by atoms with van der Waals surface area (Å²) in [6, 6.07) is 15.0. The van der Waals surface area contributed by atoms with Crippen LogP contribution in [-0.2, 0) is 10.0 Å². The second-order valence-corrected chi connectivity index (χ2v) is 8.70. The Balaban J connectivity index is 1.55. The first-order valence-electron chi connectivity index (χ1n) is 9.65. The van der Waals surface area contributed by atoms with Crippen LogP contribution in [0.2, 0.25) is 0 Å². The molecule has 0 saturated carbocycles. The number of amides is 2. The van der Waals surface area contributed by atoms with Crippen LogP contribution in [0.25, 0.3) is 0 Å². The van der Waals surface area contributed by atoms with E-state index in [9.17, 15) is 18.0 Å². The number of hydrogen-bond donors (Lipinski definition) is 2. The van der Waals surface area contributed by atoms with Crippen molar-refractivity contribution in [2.24, 2.45) is 0 Å². The van der Waals surface area contributed by atoms with Crippen molar-refractivity contribution in [2.75, 3.05) is 19.6 Å². The third-order valence-electron chi connectivity index (χ3n) is 4.90. The van der Waals surface area contributed by atoms with Crippen LogP contribution in [0.5, 0.6) is 0 Å². The summed E-state index contributed by atoms with van der Waals surface area (Å²) in [5.74, 6) is -0.238. The molecule has 0 bridgehead atoms. The molecule has 8 heteroatoms. The van der Waals surface area contributed by atoms with Crippen LogP contribution in [0, 0.1) is 0 Å². The molecule has 2 N–H and O–H groups in total. The lowest BCUT2D eigenvalue weighted by molar-refractivity contribution is 0.0698. The maximum Gasteiger partial charge on any atom is 0.253 e. The van der Waals surface area contributed by atoms with Crippen molar-refractivity contribution in [3.63, 3.8) is 0 Å². The fourth-order valence-electron chi connectivity index (χ4n) is 3.32. The van der Waals surface area contributed by atoms with E-state index in [0.717, 1.165) is 0 Å². The van der Waals surface area contributed by atoms with Crippen LogP contribution in [0.1, 0.15) is 40.5 Å². The van der Waals surface area contributed by atoms with Crippen LogP contribution in [0.15, 0.2) is 59.5 Å². The molecular formula is C21H25N3O4S. The second-order valence-electron chi connectivity index (χ2n) is 6.93. The van der Waals surface area contributed by atoms with E-state index in [1.165, 1.54) is 24.3 Å². The Kier molecular flexibility index (Phi) is 6.66. The predicted octanol–water partition coefficient (Wildman–Crippen LogP) is 2.02. The van der Waals surface area contributed by atoms with Gasteiger partial charge < -0.3 is 10.2 Å². The van der Waals surface area contributed by atoms with Gasteiger partial charge in [-0.3, -0.25) is 9.59 Å². The van der Waals surface area contributed by atoms with Gasteiger partial charge in [0.15, 0.2) is 0 Å². The lowest BCUT2D eigenvalue weighted by atomic mass is 10.0. The van der Waals surface area contributed by atoms with E-state index in [4.69, 9.17) is 0 Å². The van der Waals surface area contributed by atoms with Crippen LogP contribution < -0.4 is 10.0 Å². The zero-order valence-electron chi connectivity index (χ0n) is 16.3. The zero-order chi connectivity index (χ0) is 20.9. The molecule has 1 heterocycles. The number of sulfonamides is 1. The molecular weight excluding hydrogens is 390 g/mol. The summed E-state index contributed by atoms with van der Waals surface area (Å²) < 4.78 is 26.4. The summed E-state index contributed by atoms with van der Waals surface area (Å²) >= 11 is 0. The number of benzene rings is 2. The summed E-state index contributed by atoms with van der Waals surface area (Å²) in [5.41, 5.74) is 1.07. The van der Waals surface area contributed by atoms with Crippen LogP contribution in [-0.4, -0.2) is 50.8 Å². The average molecular weight is 416 g/mol.